The third-order valence-corrected chi connectivity index (χ3v) is 4.31. The molecule has 2 aromatic carbocycles. The molecule has 0 aliphatic carbocycles. The van der Waals surface area contributed by atoms with Gasteiger partial charge >= 0.3 is 0 Å². The van der Waals surface area contributed by atoms with E-state index in [1.54, 1.807) is 17.7 Å². The number of nitrogens with one attached hydrogen (secondary N) is 2. The Morgan fingerprint density at radius 2 is 2.08 bits per heavy atom. The van der Waals surface area contributed by atoms with Gasteiger partial charge in [0.2, 0.25) is 0 Å². The molecule has 25 heavy (non-hydrogen) atoms. The van der Waals surface area contributed by atoms with Crippen LogP contribution in [-0.2, 0) is 0 Å². The topological polar surface area (TPSA) is 79.2 Å². The van der Waals surface area contributed by atoms with Crippen molar-refractivity contribution in [2.75, 3.05) is 5.32 Å². The van der Waals surface area contributed by atoms with E-state index in [4.69, 9.17) is 5.21 Å². The maximum Gasteiger partial charge on any atom is 0.276 e. The molecule has 3 N–H and O–H groups in total. The highest BCUT2D eigenvalue weighted by Crippen LogP contribution is 2.28. The Kier molecular flexibility index (Phi) is 5.00. The molecule has 0 unspecified atom stereocenters. The van der Waals surface area contributed by atoms with E-state index < -0.39 is 11.7 Å². The minimum absolute atomic E-state index is 0.0901. The van der Waals surface area contributed by atoms with Crippen molar-refractivity contribution in [2.45, 2.75) is 6.92 Å². The average molecular weight is 452 g/mol. The molecule has 0 radical (unpaired) electrons. The first-order valence-corrected chi connectivity index (χ1v) is 8.38. The van der Waals surface area contributed by atoms with Crippen molar-refractivity contribution >= 4 is 39.9 Å². The van der Waals surface area contributed by atoms with E-state index >= 15 is 0 Å². The lowest BCUT2D eigenvalue weighted by molar-refractivity contribution is 0.0707. The molecule has 0 saturated heterocycles. The lowest BCUT2D eigenvalue weighted by Gasteiger charge is -2.15. The van der Waals surface area contributed by atoms with Crippen LogP contribution in [0.4, 0.5) is 15.8 Å². The van der Waals surface area contributed by atoms with Crippen molar-refractivity contribution in [1.82, 2.24) is 15.3 Å². The van der Waals surface area contributed by atoms with Crippen molar-refractivity contribution < 1.29 is 14.4 Å². The molecule has 6 nitrogen and oxygen atoms in total. The molecule has 0 bridgehead atoms. The van der Waals surface area contributed by atoms with Gasteiger partial charge in [0.25, 0.3) is 5.91 Å². The Balaban J connectivity index is 2.09. The molecule has 0 aliphatic rings. The number of anilines is 2. The lowest BCUT2D eigenvalue weighted by atomic mass is 10.1. The molecular weight excluding hydrogens is 438 g/mol. The maximum atomic E-state index is 14.5. The molecule has 0 fully saturated rings. The van der Waals surface area contributed by atoms with E-state index in [0.717, 1.165) is 14.8 Å². The first-order valence-electron chi connectivity index (χ1n) is 7.31. The van der Waals surface area contributed by atoms with Crippen molar-refractivity contribution in [3.05, 3.63) is 69.3 Å². The Morgan fingerprint density at radius 3 is 2.72 bits per heavy atom. The number of carbonyl (C=O) groups is 1. The molecule has 1 amide bonds. The molecule has 1 aromatic heterocycles. The third kappa shape index (κ3) is 3.64. The monoisotopic (exact) mass is 452 g/mol. The van der Waals surface area contributed by atoms with E-state index in [9.17, 15) is 9.18 Å². The second-order valence-corrected chi connectivity index (χ2v) is 6.57. The van der Waals surface area contributed by atoms with Crippen LogP contribution in [0, 0.1) is 16.3 Å². The summed E-state index contributed by atoms with van der Waals surface area (Å²) >= 11 is 2.20. The molecule has 0 atom stereocenters. The summed E-state index contributed by atoms with van der Waals surface area (Å²) in [7, 11) is 0. The number of halogens is 2. The Morgan fingerprint density at radius 1 is 1.28 bits per heavy atom. The quantitative estimate of drug-likeness (QED) is 0.320. The molecule has 0 spiro atoms. The van der Waals surface area contributed by atoms with Gasteiger partial charge in [-0.05, 0) is 65.4 Å². The second kappa shape index (κ2) is 7.19. The van der Waals surface area contributed by atoms with E-state index in [1.807, 2.05) is 25.1 Å². The van der Waals surface area contributed by atoms with Crippen molar-refractivity contribution in [2.24, 2.45) is 0 Å². The number of aromatic nitrogens is 2. The number of amides is 1. The fraction of sp³-hybridized carbons (Fsp3) is 0.0588. The van der Waals surface area contributed by atoms with E-state index in [1.165, 1.54) is 23.0 Å². The fourth-order valence-electron chi connectivity index (χ4n) is 2.41. The van der Waals surface area contributed by atoms with Crippen molar-refractivity contribution in [3.8, 4) is 5.69 Å². The van der Waals surface area contributed by atoms with Gasteiger partial charge in [-0.2, -0.15) is 5.10 Å². The van der Waals surface area contributed by atoms with Gasteiger partial charge in [-0.1, -0.05) is 0 Å². The van der Waals surface area contributed by atoms with E-state index in [2.05, 4.69) is 33.0 Å². The zero-order valence-corrected chi connectivity index (χ0v) is 15.3. The number of hydroxylamine groups is 1. The van der Waals surface area contributed by atoms with Crippen molar-refractivity contribution in [1.29, 1.82) is 0 Å². The third-order valence-electron chi connectivity index (χ3n) is 3.64. The predicted molar refractivity (Wildman–Crippen MR) is 100.0 cm³/mol. The second-order valence-electron chi connectivity index (χ2n) is 5.33. The highest BCUT2D eigenvalue weighted by Gasteiger charge is 2.17. The number of carbonyl (C=O) groups excluding carboxylic acids is 1. The first kappa shape index (κ1) is 17.4. The minimum atomic E-state index is -0.751. The lowest BCUT2D eigenvalue weighted by Crippen LogP contribution is -2.20. The van der Waals surface area contributed by atoms with Crippen LogP contribution in [0.3, 0.4) is 0 Å². The van der Waals surface area contributed by atoms with Gasteiger partial charge in [0.1, 0.15) is 5.69 Å². The van der Waals surface area contributed by atoms with E-state index in [-0.39, 0.29) is 16.9 Å². The molecule has 1 heterocycles. The van der Waals surface area contributed by atoms with Gasteiger partial charge in [-0.3, -0.25) is 10.0 Å². The Bertz CT molecular complexity index is 929. The maximum absolute atomic E-state index is 14.5. The minimum Gasteiger partial charge on any atom is -0.355 e. The molecular formula is C17H14FIN4O2. The summed E-state index contributed by atoms with van der Waals surface area (Å²) in [5.74, 6) is -1.30. The highest BCUT2D eigenvalue weighted by molar-refractivity contribution is 14.1. The van der Waals surface area contributed by atoms with Crippen LogP contribution >= 0.6 is 22.6 Å². The first-order chi connectivity index (χ1) is 12.0. The molecule has 0 saturated carbocycles. The zero-order valence-electron chi connectivity index (χ0n) is 13.1. The summed E-state index contributed by atoms with van der Waals surface area (Å²) in [4.78, 5) is 12.0. The molecule has 8 heteroatoms. The Labute approximate surface area is 156 Å². The highest BCUT2D eigenvalue weighted by atomic mass is 127. The predicted octanol–water partition coefficient (Wildman–Crippen LogP) is 3.79. The number of benzene rings is 2. The van der Waals surface area contributed by atoms with Crippen LogP contribution in [0.25, 0.3) is 5.69 Å². The number of nitrogens with zero attached hydrogens (tertiary/aromatic N) is 2. The van der Waals surface area contributed by atoms with Gasteiger partial charge in [-0.15, -0.1) is 0 Å². The molecule has 128 valence electrons. The Hall–Kier alpha value is -2.46. The summed E-state index contributed by atoms with van der Waals surface area (Å²) in [5, 5.41) is 16.0. The average Bonchev–Trinajstić information content (AvgIpc) is 3.11. The van der Waals surface area contributed by atoms with Crippen LogP contribution in [-0.4, -0.2) is 20.9 Å². The van der Waals surface area contributed by atoms with Gasteiger partial charge in [0, 0.05) is 27.7 Å². The van der Waals surface area contributed by atoms with Crippen LogP contribution < -0.4 is 10.8 Å². The summed E-state index contributed by atoms with van der Waals surface area (Å²) in [6, 6.07) is 9.89. The smallest absolute Gasteiger partial charge is 0.276 e. The van der Waals surface area contributed by atoms with Crippen LogP contribution in [0.5, 0.6) is 0 Å². The molecule has 3 rings (SSSR count). The van der Waals surface area contributed by atoms with Crippen LogP contribution in [0.15, 0.2) is 48.8 Å². The van der Waals surface area contributed by atoms with E-state index in [0.29, 0.717) is 0 Å². The summed E-state index contributed by atoms with van der Waals surface area (Å²) in [6.07, 6.45) is 3.07. The SMILES string of the molecule is Cc1cc(I)ccc1Nc1cc(F)c(-n2cccn2)cc1C(=O)NO. The standard InChI is InChI=1S/C17H14FIN4O2/c1-10-7-11(19)3-4-14(10)21-15-9-13(18)16(23-6-2-5-20-23)8-12(15)17(24)22-25/h2-9,21,25H,1H3,(H,22,24). The van der Waals surface area contributed by atoms with Crippen LogP contribution in [0.2, 0.25) is 0 Å². The number of aryl methyl sites for hydroxylation is 1. The summed E-state index contributed by atoms with van der Waals surface area (Å²) < 4.78 is 16.9. The zero-order chi connectivity index (χ0) is 18.0. The van der Waals surface area contributed by atoms with Gasteiger partial charge in [0.15, 0.2) is 5.82 Å². The molecule has 0 aliphatic heterocycles. The van der Waals surface area contributed by atoms with Crippen molar-refractivity contribution in [3.63, 3.8) is 0 Å². The molecule has 3 aromatic rings. The number of hydrogen-bond donors (Lipinski definition) is 3. The van der Waals surface area contributed by atoms with Crippen LogP contribution in [0.1, 0.15) is 15.9 Å². The summed E-state index contributed by atoms with van der Waals surface area (Å²) in [5.41, 5.74) is 3.70. The van der Waals surface area contributed by atoms with Gasteiger partial charge in [0.05, 0.1) is 11.3 Å². The number of hydrogen-bond acceptors (Lipinski definition) is 4. The summed E-state index contributed by atoms with van der Waals surface area (Å²) in [6.45, 7) is 1.91. The fourth-order valence-corrected chi connectivity index (χ4v) is 3.06. The number of rotatable bonds is 4. The van der Waals surface area contributed by atoms with Gasteiger partial charge in [-0.25, -0.2) is 14.6 Å². The van der Waals surface area contributed by atoms with Gasteiger partial charge < -0.3 is 5.32 Å². The normalized spacial score (nSPS) is 10.6. The largest absolute Gasteiger partial charge is 0.355 e.